The van der Waals surface area contributed by atoms with Crippen molar-refractivity contribution in [3.63, 3.8) is 0 Å². The van der Waals surface area contributed by atoms with Crippen LogP contribution in [-0.4, -0.2) is 44.5 Å². The Labute approximate surface area is 207 Å². The molecule has 3 aromatic carbocycles. The summed E-state index contributed by atoms with van der Waals surface area (Å²) in [6, 6.07) is 19.2. The minimum absolute atomic E-state index is 0. The number of sulfonamides is 1. The van der Waals surface area contributed by atoms with Gasteiger partial charge in [0.25, 0.3) is 0 Å². The quantitative estimate of drug-likeness (QED) is 0.227. The van der Waals surface area contributed by atoms with Crippen molar-refractivity contribution in [2.45, 2.75) is 6.10 Å². The van der Waals surface area contributed by atoms with E-state index in [2.05, 4.69) is 49.2 Å². The Morgan fingerprint density at radius 3 is 2.61 bits per heavy atom. The Morgan fingerprint density at radius 1 is 1.06 bits per heavy atom. The third-order valence-corrected chi connectivity index (χ3v) is 6.32. The number of aromatic nitrogens is 1. The fourth-order valence-corrected chi connectivity index (χ4v) is 4.59. The molecule has 4 rings (SSSR count). The number of rotatable bonds is 9. The lowest BCUT2D eigenvalue weighted by Gasteiger charge is -2.15. The van der Waals surface area contributed by atoms with Gasteiger partial charge < -0.3 is 20.1 Å². The molecule has 0 aliphatic carbocycles. The Kier molecular flexibility index (Phi) is 8.25. The molecule has 0 aliphatic rings. The van der Waals surface area contributed by atoms with Crippen LogP contribution in [0.25, 0.3) is 21.8 Å². The molecule has 1 unspecified atom stereocenters. The number of H-pyrrole nitrogens is 1. The standard InChI is InChI=1S/C23H24BrN3O4S.ClH/c1-32(29,30)27-22-12-15(6-9-19(22)24)23(28)14-25-10-11-31-16-7-8-18-17-4-2-3-5-20(17)26-21(18)13-16;/h2-9,12-13,23,25-28H,10-11,14H2,1H3;1H. The van der Waals surface area contributed by atoms with E-state index in [1.807, 2.05) is 24.3 Å². The van der Waals surface area contributed by atoms with Crippen molar-refractivity contribution < 1.29 is 18.3 Å². The summed E-state index contributed by atoms with van der Waals surface area (Å²) >= 11 is 3.31. The van der Waals surface area contributed by atoms with Gasteiger partial charge in [0.2, 0.25) is 10.0 Å². The van der Waals surface area contributed by atoms with Crippen LogP contribution in [-0.2, 0) is 10.0 Å². The van der Waals surface area contributed by atoms with Crippen LogP contribution in [0, 0.1) is 0 Å². The van der Waals surface area contributed by atoms with Crippen LogP contribution in [0.3, 0.4) is 0 Å². The van der Waals surface area contributed by atoms with Gasteiger partial charge in [0.1, 0.15) is 12.4 Å². The van der Waals surface area contributed by atoms with Crippen LogP contribution in [0.1, 0.15) is 11.7 Å². The third-order valence-electron chi connectivity index (χ3n) is 5.03. The maximum atomic E-state index is 11.5. The van der Waals surface area contributed by atoms with Gasteiger partial charge in [-0.3, -0.25) is 4.72 Å². The number of hydrogen-bond donors (Lipinski definition) is 4. The third kappa shape index (κ3) is 6.39. The second-order valence-corrected chi connectivity index (χ2v) is 10.2. The van der Waals surface area contributed by atoms with E-state index >= 15 is 0 Å². The van der Waals surface area contributed by atoms with Crippen LogP contribution in [0.5, 0.6) is 5.75 Å². The van der Waals surface area contributed by atoms with E-state index in [1.54, 1.807) is 18.2 Å². The molecule has 7 nitrogen and oxygen atoms in total. The molecule has 4 aromatic rings. The summed E-state index contributed by atoms with van der Waals surface area (Å²) in [6.07, 6.45) is 0.297. The molecule has 4 N–H and O–H groups in total. The highest BCUT2D eigenvalue weighted by atomic mass is 79.9. The van der Waals surface area contributed by atoms with Gasteiger partial charge in [0, 0.05) is 39.9 Å². The second-order valence-electron chi connectivity index (χ2n) is 7.56. The molecular weight excluding hydrogens is 530 g/mol. The van der Waals surface area contributed by atoms with E-state index in [1.165, 1.54) is 5.39 Å². The first-order valence-corrected chi connectivity index (χ1v) is 12.8. The van der Waals surface area contributed by atoms with Crippen molar-refractivity contribution in [3.8, 4) is 5.75 Å². The van der Waals surface area contributed by atoms with Crippen molar-refractivity contribution in [2.75, 3.05) is 30.7 Å². The summed E-state index contributed by atoms with van der Waals surface area (Å²) in [4.78, 5) is 3.40. The lowest BCUT2D eigenvalue weighted by Crippen LogP contribution is -2.26. The first-order chi connectivity index (χ1) is 15.3. The summed E-state index contributed by atoms with van der Waals surface area (Å²) in [5, 5.41) is 15.9. The number of hydrogen-bond acceptors (Lipinski definition) is 5. The predicted octanol–water partition coefficient (Wildman–Crippen LogP) is 4.58. The molecule has 0 aliphatic heterocycles. The van der Waals surface area contributed by atoms with Gasteiger partial charge in [-0.25, -0.2) is 8.42 Å². The highest BCUT2D eigenvalue weighted by Crippen LogP contribution is 2.28. The first kappa shape index (κ1) is 25.3. The zero-order valence-electron chi connectivity index (χ0n) is 17.8. The van der Waals surface area contributed by atoms with Crippen LogP contribution in [0.4, 0.5) is 5.69 Å². The fourth-order valence-electron chi connectivity index (χ4n) is 3.55. The molecule has 0 saturated carbocycles. The number of aromatic amines is 1. The Morgan fingerprint density at radius 2 is 1.82 bits per heavy atom. The van der Waals surface area contributed by atoms with E-state index < -0.39 is 16.1 Å². The van der Waals surface area contributed by atoms with Gasteiger partial charge in [-0.1, -0.05) is 24.3 Å². The molecule has 1 heterocycles. The maximum absolute atomic E-state index is 11.5. The molecule has 10 heteroatoms. The number of halogens is 2. The fraction of sp³-hybridized carbons (Fsp3) is 0.217. The summed E-state index contributed by atoms with van der Waals surface area (Å²) in [7, 11) is -3.41. The van der Waals surface area contributed by atoms with Gasteiger partial charge in [-0.15, -0.1) is 12.4 Å². The van der Waals surface area contributed by atoms with Gasteiger partial charge >= 0.3 is 0 Å². The summed E-state index contributed by atoms with van der Waals surface area (Å²) in [5.74, 6) is 0.774. The highest BCUT2D eigenvalue weighted by Gasteiger charge is 2.12. The molecule has 33 heavy (non-hydrogen) atoms. The molecule has 0 saturated heterocycles. The Bertz CT molecular complexity index is 1360. The van der Waals surface area contributed by atoms with Crippen LogP contribution >= 0.6 is 28.3 Å². The van der Waals surface area contributed by atoms with Crippen molar-refractivity contribution in [3.05, 3.63) is 70.7 Å². The zero-order chi connectivity index (χ0) is 22.7. The van der Waals surface area contributed by atoms with E-state index in [-0.39, 0.29) is 12.4 Å². The molecular formula is C23H25BrClN3O4S. The van der Waals surface area contributed by atoms with Crippen molar-refractivity contribution >= 4 is 65.9 Å². The molecule has 176 valence electrons. The lowest BCUT2D eigenvalue weighted by atomic mass is 10.1. The van der Waals surface area contributed by atoms with Crippen molar-refractivity contribution in [2.24, 2.45) is 0 Å². The normalized spacial score (nSPS) is 12.5. The number of ether oxygens (including phenoxy) is 1. The molecule has 0 fully saturated rings. The molecule has 1 aromatic heterocycles. The minimum atomic E-state index is -3.41. The lowest BCUT2D eigenvalue weighted by molar-refractivity contribution is 0.172. The highest BCUT2D eigenvalue weighted by molar-refractivity contribution is 9.10. The van der Waals surface area contributed by atoms with E-state index in [4.69, 9.17) is 4.74 Å². The Hall–Kier alpha value is -2.30. The molecule has 0 amide bonds. The topological polar surface area (TPSA) is 103 Å². The average molecular weight is 555 g/mol. The average Bonchev–Trinajstić information content (AvgIpc) is 3.11. The van der Waals surface area contributed by atoms with Crippen LogP contribution in [0.15, 0.2) is 65.1 Å². The number of anilines is 1. The number of fused-ring (bicyclic) bond motifs is 3. The first-order valence-electron chi connectivity index (χ1n) is 10.1. The predicted molar refractivity (Wildman–Crippen MR) is 139 cm³/mol. The number of aliphatic hydroxyl groups excluding tert-OH is 1. The largest absolute Gasteiger partial charge is 0.492 e. The second kappa shape index (κ2) is 10.8. The monoisotopic (exact) mass is 553 g/mol. The molecule has 0 bridgehead atoms. The van der Waals surface area contributed by atoms with E-state index in [0.717, 1.165) is 28.4 Å². The minimum Gasteiger partial charge on any atom is -0.492 e. The number of para-hydroxylation sites is 1. The van der Waals surface area contributed by atoms with Gasteiger partial charge in [0.05, 0.1) is 23.6 Å². The van der Waals surface area contributed by atoms with E-state index in [0.29, 0.717) is 35.4 Å². The number of benzene rings is 3. The summed E-state index contributed by atoms with van der Waals surface area (Å²) in [5.41, 5.74) is 3.12. The van der Waals surface area contributed by atoms with Crippen molar-refractivity contribution in [1.82, 2.24) is 10.3 Å². The molecule has 0 radical (unpaired) electrons. The smallest absolute Gasteiger partial charge is 0.229 e. The zero-order valence-corrected chi connectivity index (χ0v) is 21.1. The Balaban J connectivity index is 0.00000306. The number of nitrogens with one attached hydrogen (secondary N) is 3. The maximum Gasteiger partial charge on any atom is 0.229 e. The molecule has 1 atom stereocenters. The van der Waals surface area contributed by atoms with Crippen molar-refractivity contribution in [1.29, 1.82) is 0 Å². The van der Waals surface area contributed by atoms with Crippen LogP contribution in [0.2, 0.25) is 0 Å². The summed E-state index contributed by atoms with van der Waals surface area (Å²) < 4.78 is 31.9. The summed E-state index contributed by atoms with van der Waals surface area (Å²) in [6.45, 7) is 1.30. The SMILES string of the molecule is CS(=O)(=O)Nc1cc(C(O)CNCCOc2ccc3c(c2)[nH]c2ccccc23)ccc1Br.Cl. The van der Waals surface area contributed by atoms with E-state index in [9.17, 15) is 13.5 Å². The van der Waals surface area contributed by atoms with Gasteiger partial charge in [-0.2, -0.15) is 0 Å². The van der Waals surface area contributed by atoms with Gasteiger partial charge in [-0.05, 0) is 51.8 Å². The van der Waals surface area contributed by atoms with Crippen LogP contribution < -0.4 is 14.8 Å². The number of aliphatic hydroxyl groups is 1. The van der Waals surface area contributed by atoms with Gasteiger partial charge in [0.15, 0.2) is 0 Å². The molecule has 0 spiro atoms.